The zero-order valence-corrected chi connectivity index (χ0v) is 11.5. The number of aromatic amines is 1. The first-order valence-electron chi connectivity index (χ1n) is 5.98. The van der Waals surface area contributed by atoms with Crippen LogP contribution in [0.15, 0.2) is 35.6 Å². The predicted octanol–water partition coefficient (Wildman–Crippen LogP) is 0.529. The van der Waals surface area contributed by atoms with E-state index in [2.05, 4.69) is 14.7 Å². The number of nitrogens with one attached hydrogen (secondary N) is 2. The van der Waals surface area contributed by atoms with Crippen LogP contribution in [0.3, 0.4) is 0 Å². The van der Waals surface area contributed by atoms with Gasteiger partial charge in [-0.2, -0.15) is 0 Å². The molecule has 1 heterocycles. The first kappa shape index (κ1) is 14.6. The van der Waals surface area contributed by atoms with E-state index < -0.39 is 15.8 Å². The Morgan fingerprint density at radius 1 is 1.40 bits per heavy atom. The third-order valence-electron chi connectivity index (χ3n) is 2.79. The second-order valence-electron chi connectivity index (χ2n) is 4.18. The van der Waals surface area contributed by atoms with Crippen molar-refractivity contribution in [3.05, 3.63) is 47.8 Å². The van der Waals surface area contributed by atoms with Crippen molar-refractivity contribution in [2.24, 2.45) is 5.73 Å². The maximum absolute atomic E-state index is 13.3. The second kappa shape index (κ2) is 6.12. The maximum Gasteiger partial charge on any atom is 0.240 e. The molecule has 0 unspecified atom stereocenters. The maximum atomic E-state index is 13.3. The molecule has 108 valence electrons. The van der Waals surface area contributed by atoms with E-state index in [-0.39, 0.29) is 23.5 Å². The highest BCUT2D eigenvalue weighted by Crippen LogP contribution is 2.14. The number of nitrogens with zero attached hydrogens (tertiary/aromatic N) is 1. The number of imidazole rings is 1. The van der Waals surface area contributed by atoms with E-state index in [1.807, 2.05) is 0 Å². The smallest absolute Gasteiger partial charge is 0.240 e. The van der Waals surface area contributed by atoms with Gasteiger partial charge in [-0.15, -0.1) is 0 Å². The molecule has 0 radical (unpaired) electrons. The molecule has 0 bridgehead atoms. The summed E-state index contributed by atoms with van der Waals surface area (Å²) in [6.07, 6.45) is 3.64. The summed E-state index contributed by atoms with van der Waals surface area (Å²) in [7, 11) is -3.67. The van der Waals surface area contributed by atoms with Gasteiger partial charge in [0.15, 0.2) is 0 Å². The summed E-state index contributed by atoms with van der Waals surface area (Å²) in [6.45, 7) is 0.170. The largest absolute Gasteiger partial charge is 0.348 e. The molecular weight excluding hydrogens is 283 g/mol. The number of halogens is 1. The molecule has 0 aliphatic rings. The lowest BCUT2D eigenvalue weighted by Crippen LogP contribution is -2.26. The zero-order chi connectivity index (χ0) is 14.6. The van der Waals surface area contributed by atoms with Crippen LogP contribution in [0.2, 0.25) is 0 Å². The van der Waals surface area contributed by atoms with Gasteiger partial charge in [0.1, 0.15) is 5.82 Å². The van der Waals surface area contributed by atoms with Gasteiger partial charge in [0.05, 0.1) is 11.2 Å². The van der Waals surface area contributed by atoms with E-state index in [0.717, 1.165) is 11.8 Å². The number of rotatable bonds is 6. The van der Waals surface area contributed by atoms with Crippen molar-refractivity contribution in [3.63, 3.8) is 0 Å². The van der Waals surface area contributed by atoms with Crippen molar-refractivity contribution in [1.82, 2.24) is 14.7 Å². The van der Waals surface area contributed by atoms with Crippen molar-refractivity contribution < 1.29 is 12.8 Å². The molecule has 6 nitrogen and oxygen atoms in total. The number of nitrogens with two attached hydrogens (primary N) is 1. The van der Waals surface area contributed by atoms with Gasteiger partial charge in [-0.3, -0.25) is 0 Å². The Bertz CT molecular complexity index is 671. The lowest BCUT2D eigenvalue weighted by atomic mass is 10.2. The predicted molar refractivity (Wildman–Crippen MR) is 71.8 cm³/mol. The molecule has 2 rings (SSSR count). The fourth-order valence-corrected chi connectivity index (χ4v) is 2.78. The van der Waals surface area contributed by atoms with Gasteiger partial charge < -0.3 is 10.7 Å². The van der Waals surface area contributed by atoms with E-state index in [1.54, 1.807) is 6.20 Å². The first-order valence-corrected chi connectivity index (χ1v) is 7.46. The average Bonchev–Trinajstić information content (AvgIpc) is 2.92. The molecule has 20 heavy (non-hydrogen) atoms. The van der Waals surface area contributed by atoms with Crippen molar-refractivity contribution in [2.45, 2.75) is 17.9 Å². The van der Waals surface area contributed by atoms with Crippen LogP contribution in [-0.2, 0) is 23.0 Å². The molecule has 4 N–H and O–H groups in total. The van der Waals surface area contributed by atoms with Gasteiger partial charge in [0.25, 0.3) is 0 Å². The topological polar surface area (TPSA) is 101 Å². The molecule has 0 fully saturated rings. The van der Waals surface area contributed by atoms with Gasteiger partial charge in [0.2, 0.25) is 10.0 Å². The Hall–Kier alpha value is -1.77. The summed E-state index contributed by atoms with van der Waals surface area (Å²) in [5.74, 6) is -0.510. The summed E-state index contributed by atoms with van der Waals surface area (Å²) in [5.41, 5.74) is 6.36. The molecule has 0 atom stereocenters. The van der Waals surface area contributed by atoms with Crippen LogP contribution in [0.4, 0.5) is 4.39 Å². The molecule has 0 saturated carbocycles. The minimum Gasteiger partial charge on any atom is -0.348 e. The molecule has 8 heteroatoms. The van der Waals surface area contributed by atoms with Gasteiger partial charge >= 0.3 is 0 Å². The van der Waals surface area contributed by atoms with Gasteiger partial charge in [-0.1, -0.05) is 0 Å². The van der Waals surface area contributed by atoms with Gasteiger partial charge in [-0.25, -0.2) is 22.5 Å². The highest BCUT2D eigenvalue weighted by molar-refractivity contribution is 7.89. The van der Waals surface area contributed by atoms with E-state index in [0.29, 0.717) is 6.42 Å². The number of aromatic nitrogens is 2. The van der Waals surface area contributed by atoms with E-state index in [4.69, 9.17) is 5.73 Å². The summed E-state index contributed by atoms with van der Waals surface area (Å²) in [4.78, 5) is 6.72. The highest BCUT2D eigenvalue weighted by Gasteiger charge is 2.15. The molecule has 1 aromatic heterocycles. The number of benzene rings is 1. The van der Waals surface area contributed by atoms with E-state index >= 15 is 0 Å². The average molecular weight is 298 g/mol. The molecular formula is C12H15FN4O2S. The monoisotopic (exact) mass is 298 g/mol. The number of H-pyrrole nitrogens is 1. The van der Waals surface area contributed by atoms with Crippen LogP contribution in [0.5, 0.6) is 0 Å². The van der Waals surface area contributed by atoms with Crippen molar-refractivity contribution in [2.75, 3.05) is 6.54 Å². The Labute approximate surface area is 116 Å². The minimum absolute atomic E-state index is 0.00367. The number of hydrogen-bond acceptors (Lipinski definition) is 4. The molecule has 0 amide bonds. The normalized spacial score (nSPS) is 11.7. The van der Waals surface area contributed by atoms with Gasteiger partial charge in [-0.05, 0) is 18.2 Å². The van der Waals surface area contributed by atoms with Gasteiger partial charge in [0, 0.05) is 37.0 Å². The van der Waals surface area contributed by atoms with Crippen molar-refractivity contribution in [1.29, 1.82) is 0 Å². The van der Waals surface area contributed by atoms with Crippen molar-refractivity contribution in [3.8, 4) is 0 Å². The third-order valence-corrected chi connectivity index (χ3v) is 4.25. The fraction of sp³-hybridized carbons (Fsp3) is 0.250. The first-order chi connectivity index (χ1) is 9.53. The summed E-state index contributed by atoms with van der Waals surface area (Å²) < 4.78 is 39.8. The Kier molecular flexibility index (Phi) is 4.48. The molecule has 0 aliphatic heterocycles. The van der Waals surface area contributed by atoms with Crippen LogP contribution in [0.25, 0.3) is 0 Å². The van der Waals surface area contributed by atoms with Crippen molar-refractivity contribution >= 4 is 10.0 Å². The molecule has 0 spiro atoms. The summed E-state index contributed by atoms with van der Waals surface area (Å²) in [6, 6.07) is 3.56. The number of hydrogen-bond donors (Lipinski definition) is 3. The summed E-state index contributed by atoms with van der Waals surface area (Å²) in [5, 5.41) is 0. The quantitative estimate of drug-likeness (QED) is 0.724. The minimum atomic E-state index is -3.67. The van der Waals surface area contributed by atoms with Crippen LogP contribution < -0.4 is 10.5 Å². The third kappa shape index (κ3) is 3.41. The Balaban J connectivity index is 2.06. The van der Waals surface area contributed by atoms with Crippen LogP contribution in [0, 0.1) is 5.82 Å². The lowest BCUT2D eigenvalue weighted by molar-refractivity contribution is 0.579. The summed E-state index contributed by atoms with van der Waals surface area (Å²) >= 11 is 0. The molecule has 2 aromatic rings. The molecule has 0 aliphatic carbocycles. The van der Waals surface area contributed by atoms with Crippen LogP contribution in [0.1, 0.15) is 11.3 Å². The van der Waals surface area contributed by atoms with E-state index in [1.165, 1.54) is 18.5 Å². The van der Waals surface area contributed by atoms with Crippen LogP contribution in [-0.4, -0.2) is 24.9 Å². The fourth-order valence-electron chi connectivity index (χ4n) is 1.70. The van der Waals surface area contributed by atoms with Crippen LogP contribution >= 0.6 is 0 Å². The zero-order valence-electron chi connectivity index (χ0n) is 10.6. The second-order valence-corrected chi connectivity index (χ2v) is 5.95. The Morgan fingerprint density at radius 2 is 2.20 bits per heavy atom. The number of sulfonamides is 1. The standard InChI is InChI=1S/C12H15FN4O2S/c13-12-2-1-11(5-9(12)6-14)20(18,19)17-4-3-10-7-15-8-16-10/h1-2,5,7-8,17H,3-4,6,14H2,(H,15,16). The molecule has 1 aromatic carbocycles. The highest BCUT2D eigenvalue weighted by atomic mass is 32.2. The Morgan fingerprint density at radius 3 is 2.85 bits per heavy atom. The van der Waals surface area contributed by atoms with E-state index in [9.17, 15) is 12.8 Å². The SMILES string of the molecule is NCc1cc(S(=O)(=O)NCCc2cnc[nH]2)ccc1F. The lowest BCUT2D eigenvalue weighted by Gasteiger charge is -2.08. The molecule has 0 saturated heterocycles.